The van der Waals surface area contributed by atoms with E-state index in [0.29, 0.717) is 13.0 Å². The molecule has 0 aromatic rings. The van der Waals surface area contributed by atoms with Crippen molar-refractivity contribution in [1.82, 2.24) is 0 Å². The first-order valence-electron chi connectivity index (χ1n) is 3.96. The number of methoxy groups -OCH3 is 1. The van der Waals surface area contributed by atoms with E-state index in [2.05, 4.69) is 0 Å². The van der Waals surface area contributed by atoms with Crippen molar-refractivity contribution in [3.63, 3.8) is 0 Å². The lowest BCUT2D eigenvalue weighted by atomic mass is 10.4. The average molecular weight is 195 g/mol. The third kappa shape index (κ3) is 5.51. The summed E-state index contributed by atoms with van der Waals surface area (Å²) in [6, 6.07) is -0.397. The van der Waals surface area contributed by atoms with Gasteiger partial charge in [0.15, 0.2) is 9.84 Å². The van der Waals surface area contributed by atoms with Gasteiger partial charge in [0.1, 0.15) is 0 Å². The van der Waals surface area contributed by atoms with Crippen LogP contribution in [-0.4, -0.2) is 39.7 Å². The Bertz CT molecular complexity index is 201. The predicted molar refractivity (Wildman–Crippen MR) is 48.8 cm³/mol. The van der Waals surface area contributed by atoms with Crippen molar-refractivity contribution >= 4 is 9.84 Å². The first kappa shape index (κ1) is 11.9. The van der Waals surface area contributed by atoms with Crippen molar-refractivity contribution < 1.29 is 13.2 Å². The molecule has 2 N–H and O–H groups in total. The molecule has 0 saturated carbocycles. The molecule has 0 aliphatic heterocycles. The van der Waals surface area contributed by atoms with Gasteiger partial charge in [-0.15, -0.1) is 0 Å². The number of sulfone groups is 1. The van der Waals surface area contributed by atoms with Gasteiger partial charge < -0.3 is 10.5 Å². The zero-order chi connectivity index (χ0) is 9.61. The molecular weight excluding hydrogens is 178 g/mol. The molecule has 4 nitrogen and oxygen atoms in total. The Morgan fingerprint density at radius 1 is 1.50 bits per heavy atom. The Morgan fingerprint density at radius 2 is 2.08 bits per heavy atom. The highest BCUT2D eigenvalue weighted by atomic mass is 32.2. The molecule has 0 fully saturated rings. The number of rotatable bonds is 6. The number of ether oxygens (including phenoxy) is 1. The highest BCUT2D eigenvalue weighted by molar-refractivity contribution is 7.91. The molecule has 1 unspecified atom stereocenters. The van der Waals surface area contributed by atoms with Crippen LogP contribution in [0.15, 0.2) is 0 Å². The summed E-state index contributed by atoms with van der Waals surface area (Å²) in [6.07, 6.45) is 0.641. The monoisotopic (exact) mass is 195 g/mol. The summed E-state index contributed by atoms with van der Waals surface area (Å²) in [5.41, 5.74) is 5.50. The number of hydrogen-bond donors (Lipinski definition) is 1. The SMILES string of the molecule is CCCS(=O)(=O)CC(N)COC. The lowest BCUT2D eigenvalue weighted by Crippen LogP contribution is -2.34. The lowest BCUT2D eigenvalue weighted by molar-refractivity contribution is 0.186. The molecule has 0 rings (SSSR count). The zero-order valence-electron chi connectivity index (χ0n) is 7.62. The Hall–Kier alpha value is -0.130. The van der Waals surface area contributed by atoms with Crippen LogP contribution in [0.5, 0.6) is 0 Å². The van der Waals surface area contributed by atoms with Gasteiger partial charge in [0.25, 0.3) is 0 Å². The Balaban J connectivity index is 3.89. The summed E-state index contributed by atoms with van der Waals surface area (Å²) in [5, 5.41) is 0. The van der Waals surface area contributed by atoms with Crippen LogP contribution in [0.3, 0.4) is 0 Å². The largest absolute Gasteiger partial charge is 0.383 e. The van der Waals surface area contributed by atoms with Gasteiger partial charge in [-0.25, -0.2) is 8.42 Å². The summed E-state index contributed by atoms with van der Waals surface area (Å²) >= 11 is 0. The molecule has 0 aliphatic carbocycles. The van der Waals surface area contributed by atoms with E-state index < -0.39 is 15.9 Å². The lowest BCUT2D eigenvalue weighted by Gasteiger charge is -2.09. The summed E-state index contributed by atoms with van der Waals surface area (Å²) < 4.78 is 27.1. The molecule has 0 aromatic carbocycles. The smallest absolute Gasteiger partial charge is 0.151 e. The van der Waals surface area contributed by atoms with Crippen molar-refractivity contribution in [3.8, 4) is 0 Å². The maximum absolute atomic E-state index is 11.2. The minimum absolute atomic E-state index is 0.0225. The van der Waals surface area contributed by atoms with E-state index in [4.69, 9.17) is 10.5 Å². The summed E-state index contributed by atoms with van der Waals surface area (Å²) in [5.74, 6) is 0.235. The molecule has 0 spiro atoms. The van der Waals surface area contributed by atoms with Crippen molar-refractivity contribution in [2.24, 2.45) is 5.73 Å². The van der Waals surface area contributed by atoms with Crippen molar-refractivity contribution in [3.05, 3.63) is 0 Å². The minimum atomic E-state index is -2.96. The molecule has 0 saturated heterocycles. The van der Waals surface area contributed by atoms with E-state index in [1.807, 2.05) is 6.92 Å². The van der Waals surface area contributed by atoms with Gasteiger partial charge >= 0.3 is 0 Å². The van der Waals surface area contributed by atoms with Crippen LogP contribution >= 0.6 is 0 Å². The van der Waals surface area contributed by atoms with E-state index in [-0.39, 0.29) is 11.5 Å². The fourth-order valence-electron chi connectivity index (χ4n) is 0.983. The topological polar surface area (TPSA) is 69.4 Å². The molecule has 0 bridgehead atoms. The Kier molecular flexibility index (Phi) is 5.44. The maximum Gasteiger partial charge on any atom is 0.151 e. The van der Waals surface area contributed by atoms with Crippen LogP contribution in [0.4, 0.5) is 0 Å². The summed E-state index contributed by atoms with van der Waals surface area (Å²) in [7, 11) is -1.45. The Morgan fingerprint density at radius 3 is 2.50 bits per heavy atom. The van der Waals surface area contributed by atoms with Gasteiger partial charge in [-0.2, -0.15) is 0 Å². The quantitative estimate of drug-likeness (QED) is 0.636. The average Bonchev–Trinajstić information content (AvgIpc) is 1.85. The van der Waals surface area contributed by atoms with Gasteiger partial charge in [-0.3, -0.25) is 0 Å². The molecular formula is C7H17NO3S. The molecule has 5 heteroatoms. The third-order valence-electron chi connectivity index (χ3n) is 1.36. The number of nitrogens with two attached hydrogens (primary N) is 1. The first-order chi connectivity index (χ1) is 5.52. The minimum Gasteiger partial charge on any atom is -0.383 e. The molecule has 0 amide bonds. The second kappa shape index (κ2) is 5.50. The Labute approximate surface area is 74.0 Å². The fourth-order valence-corrected chi connectivity index (χ4v) is 2.52. The van der Waals surface area contributed by atoms with Crippen LogP contribution in [0.25, 0.3) is 0 Å². The van der Waals surface area contributed by atoms with Crippen LogP contribution < -0.4 is 5.73 Å². The highest BCUT2D eigenvalue weighted by Crippen LogP contribution is 1.96. The van der Waals surface area contributed by atoms with E-state index in [1.54, 1.807) is 0 Å². The van der Waals surface area contributed by atoms with Gasteiger partial charge in [-0.05, 0) is 6.42 Å². The van der Waals surface area contributed by atoms with Gasteiger partial charge in [-0.1, -0.05) is 6.92 Å². The molecule has 0 heterocycles. The second-order valence-electron chi connectivity index (χ2n) is 2.83. The third-order valence-corrected chi connectivity index (χ3v) is 3.33. The van der Waals surface area contributed by atoms with Crippen molar-refractivity contribution in [1.29, 1.82) is 0 Å². The van der Waals surface area contributed by atoms with Crippen LogP contribution in [0.1, 0.15) is 13.3 Å². The second-order valence-corrected chi connectivity index (χ2v) is 5.06. The maximum atomic E-state index is 11.2. The standard InChI is InChI=1S/C7H17NO3S/c1-3-4-12(9,10)6-7(8)5-11-2/h7H,3-6,8H2,1-2H3. The molecule has 1 atom stereocenters. The normalized spacial score (nSPS) is 14.6. The van der Waals surface area contributed by atoms with Crippen LogP contribution in [-0.2, 0) is 14.6 Å². The number of hydrogen-bond acceptors (Lipinski definition) is 4. The summed E-state index contributed by atoms with van der Waals surface area (Å²) in [6.45, 7) is 2.13. The molecule has 74 valence electrons. The van der Waals surface area contributed by atoms with Gasteiger partial charge in [0.05, 0.1) is 12.4 Å². The van der Waals surface area contributed by atoms with E-state index >= 15 is 0 Å². The first-order valence-corrected chi connectivity index (χ1v) is 5.79. The van der Waals surface area contributed by atoms with Crippen LogP contribution in [0, 0.1) is 0 Å². The van der Waals surface area contributed by atoms with Gasteiger partial charge in [0, 0.05) is 18.9 Å². The highest BCUT2D eigenvalue weighted by Gasteiger charge is 2.14. The van der Waals surface area contributed by atoms with E-state index in [1.165, 1.54) is 7.11 Å². The van der Waals surface area contributed by atoms with E-state index in [0.717, 1.165) is 0 Å². The molecule has 0 aliphatic rings. The van der Waals surface area contributed by atoms with Crippen LogP contribution in [0.2, 0.25) is 0 Å². The van der Waals surface area contributed by atoms with E-state index in [9.17, 15) is 8.42 Å². The molecule has 12 heavy (non-hydrogen) atoms. The molecule has 0 radical (unpaired) electrons. The summed E-state index contributed by atoms with van der Waals surface area (Å²) in [4.78, 5) is 0. The van der Waals surface area contributed by atoms with Gasteiger partial charge in [0.2, 0.25) is 0 Å². The predicted octanol–water partition coefficient (Wildman–Crippen LogP) is -0.215. The van der Waals surface area contributed by atoms with Crippen molar-refractivity contribution in [2.45, 2.75) is 19.4 Å². The zero-order valence-corrected chi connectivity index (χ0v) is 8.43. The molecule has 0 aromatic heterocycles. The van der Waals surface area contributed by atoms with Crippen molar-refractivity contribution in [2.75, 3.05) is 25.2 Å². The fraction of sp³-hybridized carbons (Fsp3) is 1.00.